The molecule has 2 amide bonds. The lowest BCUT2D eigenvalue weighted by atomic mass is 10.7. The van der Waals surface area contributed by atoms with Gasteiger partial charge in [-0.2, -0.15) is 0 Å². The number of carbonyl (C=O) groups excluding carboxylic acids is 2. The minimum Gasteiger partial charge on any atom is -0.378 e. The summed E-state index contributed by atoms with van der Waals surface area (Å²) in [6.07, 6.45) is 0. The van der Waals surface area contributed by atoms with E-state index >= 15 is 0 Å². The van der Waals surface area contributed by atoms with Gasteiger partial charge in [0.25, 0.3) is 10.5 Å². The lowest BCUT2D eigenvalue weighted by Gasteiger charge is -2.06. The number of alkyl halides is 2. The summed E-state index contributed by atoms with van der Waals surface area (Å²) >= 11 is 13.2. The third-order valence-corrected chi connectivity index (χ3v) is 3.95. The Morgan fingerprint density at radius 1 is 0.773 bits per heavy atom. The molecule has 0 aromatic carbocycles. The monoisotopic (exact) mass is 392 g/mol. The highest BCUT2D eigenvalue weighted by molar-refractivity contribution is 8.13. The number of nitrogens with one attached hydrogen (secondary N) is 2. The Morgan fingerprint density at radius 3 is 1.55 bits per heavy atom. The maximum atomic E-state index is 11.2. The summed E-state index contributed by atoms with van der Waals surface area (Å²) in [6.45, 7) is 2.85. The Bertz CT molecular complexity index is 274. The quantitative estimate of drug-likeness (QED) is 0.370. The van der Waals surface area contributed by atoms with Crippen LogP contribution < -0.4 is 10.6 Å². The molecule has 0 rings (SSSR count). The zero-order valence-electron chi connectivity index (χ0n) is 12.3. The largest absolute Gasteiger partial charge is 0.378 e. The second kappa shape index (κ2) is 17.5. The second-order valence-electron chi connectivity index (χ2n) is 3.73. The molecule has 0 aliphatic heterocycles. The van der Waals surface area contributed by atoms with Crippen LogP contribution in [0.25, 0.3) is 0 Å². The van der Waals surface area contributed by atoms with Gasteiger partial charge in [-0.15, -0.1) is 23.2 Å². The van der Waals surface area contributed by atoms with Crippen LogP contribution >= 0.6 is 46.7 Å². The van der Waals surface area contributed by atoms with Gasteiger partial charge in [0.2, 0.25) is 0 Å². The third-order valence-electron chi connectivity index (χ3n) is 2.02. The fourth-order valence-corrected chi connectivity index (χ4v) is 2.48. The maximum absolute atomic E-state index is 11.2. The van der Waals surface area contributed by atoms with Gasteiger partial charge in [0.05, 0.1) is 26.4 Å². The Labute approximate surface area is 149 Å². The van der Waals surface area contributed by atoms with Crippen molar-refractivity contribution in [2.45, 2.75) is 0 Å². The van der Waals surface area contributed by atoms with Crippen LogP contribution in [0, 0.1) is 0 Å². The van der Waals surface area contributed by atoms with Crippen LogP contribution in [0.4, 0.5) is 9.59 Å². The summed E-state index contributed by atoms with van der Waals surface area (Å²) in [5.74, 6) is 2.00. The molecule has 0 atom stereocenters. The normalized spacial score (nSPS) is 10.5. The molecule has 0 aliphatic carbocycles. The zero-order chi connectivity index (χ0) is 16.5. The van der Waals surface area contributed by atoms with Crippen LogP contribution in [0.3, 0.4) is 0 Å². The molecule has 0 aromatic rings. The van der Waals surface area contributed by atoms with E-state index in [1.54, 1.807) is 0 Å². The van der Waals surface area contributed by atoms with E-state index in [4.69, 9.17) is 32.7 Å². The highest BCUT2D eigenvalue weighted by atomic mass is 35.5. The summed E-state index contributed by atoms with van der Waals surface area (Å²) < 4.78 is 10.6. The number of hydrogen-bond donors (Lipinski definition) is 2. The fourth-order valence-electron chi connectivity index (χ4n) is 1.11. The molecule has 0 heterocycles. The van der Waals surface area contributed by atoms with Gasteiger partial charge in [0.15, 0.2) is 0 Å². The molecular weight excluding hydrogens is 371 g/mol. The van der Waals surface area contributed by atoms with E-state index in [0.29, 0.717) is 62.8 Å². The number of amides is 2. The molecule has 0 aromatic heterocycles. The van der Waals surface area contributed by atoms with Gasteiger partial charge < -0.3 is 20.1 Å². The molecule has 0 bridgehead atoms. The molecule has 0 saturated heterocycles. The van der Waals surface area contributed by atoms with Gasteiger partial charge in [-0.1, -0.05) is 23.5 Å². The van der Waals surface area contributed by atoms with E-state index in [0.717, 1.165) is 0 Å². The van der Waals surface area contributed by atoms with Crippen molar-refractivity contribution in [3.8, 4) is 0 Å². The molecule has 2 N–H and O–H groups in total. The topological polar surface area (TPSA) is 76.7 Å². The van der Waals surface area contributed by atoms with Crippen molar-refractivity contribution in [2.75, 3.05) is 62.8 Å². The molecule has 0 spiro atoms. The smallest absolute Gasteiger partial charge is 0.279 e. The average molecular weight is 393 g/mol. The van der Waals surface area contributed by atoms with Crippen LogP contribution in [-0.4, -0.2) is 73.3 Å². The van der Waals surface area contributed by atoms with E-state index in [1.807, 2.05) is 0 Å². The van der Waals surface area contributed by atoms with E-state index in [9.17, 15) is 9.59 Å². The minimum atomic E-state index is -0.0926. The Morgan fingerprint density at radius 2 is 1.18 bits per heavy atom. The van der Waals surface area contributed by atoms with Crippen molar-refractivity contribution in [1.82, 2.24) is 10.6 Å². The fraction of sp³-hybridized carbons (Fsp3) is 0.833. The highest BCUT2D eigenvalue weighted by Crippen LogP contribution is 2.02. The van der Waals surface area contributed by atoms with Gasteiger partial charge in [0, 0.05) is 36.4 Å². The highest BCUT2D eigenvalue weighted by Gasteiger charge is 2.01. The van der Waals surface area contributed by atoms with Crippen LogP contribution in [0.1, 0.15) is 0 Å². The number of hydrogen-bond acceptors (Lipinski definition) is 6. The van der Waals surface area contributed by atoms with Gasteiger partial charge in [-0.25, -0.2) is 0 Å². The number of thioether (sulfide) groups is 2. The Balaban J connectivity index is 3.17. The summed E-state index contributed by atoms with van der Waals surface area (Å²) in [7, 11) is 0. The van der Waals surface area contributed by atoms with Crippen molar-refractivity contribution in [3.05, 3.63) is 0 Å². The standard InChI is InChI=1S/C12H22Cl2N2O4S2/c13-1-3-15-11(17)21-9-7-19-5-6-20-8-10-22-12(18)16-4-2-14/h1-10H2,(H,15,17)(H,16,18). The first-order valence-corrected chi connectivity index (χ1v) is 9.83. The van der Waals surface area contributed by atoms with Crippen molar-refractivity contribution in [2.24, 2.45) is 0 Å². The summed E-state index contributed by atoms with van der Waals surface area (Å²) in [6, 6.07) is 0. The number of carbonyl (C=O) groups is 2. The van der Waals surface area contributed by atoms with Crippen molar-refractivity contribution in [3.63, 3.8) is 0 Å². The predicted octanol–water partition coefficient (Wildman–Crippen LogP) is 2.38. The summed E-state index contributed by atoms with van der Waals surface area (Å²) in [4.78, 5) is 22.4. The van der Waals surface area contributed by atoms with Crippen LogP contribution in [0.5, 0.6) is 0 Å². The first kappa shape index (κ1) is 22.1. The Kier molecular flexibility index (Phi) is 17.6. The molecule has 0 fully saturated rings. The summed E-state index contributed by atoms with van der Waals surface area (Å²) in [5.41, 5.74) is 0. The second-order valence-corrected chi connectivity index (χ2v) is 6.62. The molecule has 6 nitrogen and oxygen atoms in total. The van der Waals surface area contributed by atoms with Gasteiger partial charge in [0.1, 0.15) is 0 Å². The first-order chi connectivity index (χ1) is 10.7. The predicted molar refractivity (Wildman–Crippen MR) is 94.8 cm³/mol. The molecule has 0 saturated carbocycles. The zero-order valence-corrected chi connectivity index (χ0v) is 15.4. The molecule has 0 unspecified atom stereocenters. The molecule has 0 aliphatic rings. The van der Waals surface area contributed by atoms with Gasteiger partial charge in [-0.05, 0) is 0 Å². The number of rotatable bonds is 13. The van der Waals surface area contributed by atoms with Gasteiger partial charge in [-0.3, -0.25) is 9.59 Å². The first-order valence-electron chi connectivity index (χ1n) is 6.79. The van der Waals surface area contributed by atoms with E-state index < -0.39 is 0 Å². The molecule has 0 radical (unpaired) electrons. The SMILES string of the molecule is O=C(NCCCl)SCCOCCOCCSC(=O)NCCCl. The van der Waals surface area contributed by atoms with E-state index in [2.05, 4.69) is 10.6 Å². The van der Waals surface area contributed by atoms with Crippen molar-refractivity contribution >= 4 is 57.2 Å². The number of ether oxygens (including phenoxy) is 2. The molecule has 10 heteroatoms. The lowest BCUT2D eigenvalue weighted by Crippen LogP contribution is -2.22. The van der Waals surface area contributed by atoms with Gasteiger partial charge >= 0.3 is 0 Å². The van der Waals surface area contributed by atoms with Crippen molar-refractivity contribution < 1.29 is 19.1 Å². The van der Waals surface area contributed by atoms with Crippen LogP contribution in [0.2, 0.25) is 0 Å². The molecule has 22 heavy (non-hydrogen) atoms. The third kappa shape index (κ3) is 16.5. The van der Waals surface area contributed by atoms with Crippen LogP contribution in [-0.2, 0) is 9.47 Å². The number of halogens is 2. The maximum Gasteiger partial charge on any atom is 0.279 e. The molecule has 130 valence electrons. The minimum absolute atomic E-state index is 0.0926. The average Bonchev–Trinajstić information content (AvgIpc) is 2.52. The molecular formula is C12H22Cl2N2O4S2. The van der Waals surface area contributed by atoms with E-state index in [1.165, 1.54) is 23.5 Å². The summed E-state index contributed by atoms with van der Waals surface area (Å²) in [5, 5.41) is 5.11. The Hall–Kier alpha value is 0.140. The van der Waals surface area contributed by atoms with Crippen molar-refractivity contribution in [1.29, 1.82) is 0 Å². The van der Waals surface area contributed by atoms with E-state index in [-0.39, 0.29) is 10.5 Å². The van der Waals surface area contributed by atoms with Crippen LogP contribution in [0.15, 0.2) is 0 Å². The lowest BCUT2D eigenvalue weighted by molar-refractivity contribution is 0.0605.